The minimum absolute atomic E-state index is 0.570. The summed E-state index contributed by atoms with van der Waals surface area (Å²) in [6.45, 7) is 4.72. The van der Waals surface area contributed by atoms with Crippen molar-refractivity contribution in [2.45, 2.75) is 20.4 Å². The third-order valence-electron chi connectivity index (χ3n) is 3.26. The quantitative estimate of drug-likeness (QED) is 0.881. The molecule has 4 nitrogen and oxygen atoms in total. The molecule has 0 aliphatic heterocycles. The fraction of sp³-hybridized carbons (Fsp3) is 0.312. The number of aryl methyl sites for hydroxylation is 2. The third kappa shape index (κ3) is 3.47. The Morgan fingerprint density at radius 1 is 1.14 bits per heavy atom. The van der Waals surface area contributed by atoms with E-state index in [1.807, 2.05) is 0 Å². The second-order valence-electron chi connectivity index (χ2n) is 4.77. The predicted molar refractivity (Wildman–Crippen MR) is 88.3 cm³/mol. The summed E-state index contributed by atoms with van der Waals surface area (Å²) in [5.41, 5.74) is 4.26. The van der Waals surface area contributed by atoms with E-state index in [1.54, 1.807) is 26.5 Å². The van der Waals surface area contributed by atoms with Crippen molar-refractivity contribution in [2.24, 2.45) is 0 Å². The van der Waals surface area contributed by atoms with Crippen molar-refractivity contribution in [3.8, 4) is 11.5 Å². The van der Waals surface area contributed by atoms with E-state index in [-0.39, 0.29) is 0 Å². The maximum atomic E-state index is 5.39. The second-order valence-corrected chi connectivity index (χ2v) is 5.56. The molecule has 0 saturated carbocycles. The number of halogens is 1. The molecule has 0 aliphatic carbocycles. The SMILES string of the molecule is COc1ccnc(CNc2cc(C)c(Br)c(C)c2)c1OC. The molecule has 0 saturated heterocycles. The van der Waals surface area contributed by atoms with Gasteiger partial charge in [-0.25, -0.2) is 0 Å². The van der Waals surface area contributed by atoms with Gasteiger partial charge in [0.05, 0.1) is 20.8 Å². The number of anilines is 1. The number of nitrogens with zero attached hydrogens (tertiary/aromatic N) is 1. The molecule has 0 bridgehead atoms. The van der Waals surface area contributed by atoms with Crippen molar-refractivity contribution in [1.82, 2.24) is 4.98 Å². The zero-order chi connectivity index (χ0) is 15.4. The summed E-state index contributed by atoms with van der Waals surface area (Å²) in [4.78, 5) is 4.36. The molecule has 2 aromatic rings. The summed E-state index contributed by atoms with van der Waals surface area (Å²) in [6, 6.07) is 5.99. The van der Waals surface area contributed by atoms with Crippen LogP contribution in [-0.2, 0) is 6.54 Å². The molecule has 1 heterocycles. The Hall–Kier alpha value is -1.75. The molecule has 0 amide bonds. The summed E-state index contributed by atoms with van der Waals surface area (Å²) < 4.78 is 11.8. The number of benzene rings is 1. The van der Waals surface area contributed by atoms with Gasteiger partial charge in [0.15, 0.2) is 11.5 Å². The Kier molecular flexibility index (Phi) is 5.07. The number of ether oxygens (including phenoxy) is 2. The normalized spacial score (nSPS) is 10.3. The van der Waals surface area contributed by atoms with Gasteiger partial charge < -0.3 is 14.8 Å². The summed E-state index contributed by atoms with van der Waals surface area (Å²) >= 11 is 3.57. The molecule has 2 rings (SSSR count). The minimum atomic E-state index is 0.570. The number of rotatable bonds is 5. The zero-order valence-electron chi connectivity index (χ0n) is 12.7. The fourth-order valence-corrected chi connectivity index (χ4v) is 2.44. The van der Waals surface area contributed by atoms with E-state index in [9.17, 15) is 0 Å². The summed E-state index contributed by atoms with van der Waals surface area (Å²) in [5, 5.41) is 3.38. The molecule has 1 N–H and O–H groups in total. The fourth-order valence-electron chi connectivity index (χ4n) is 2.21. The van der Waals surface area contributed by atoms with Crippen molar-refractivity contribution in [1.29, 1.82) is 0 Å². The maximum absolute atomic E-state index is 5.39. The van der Waals surface area contributed by atoms with E-state index >= 15 is 0 Å². The van der Waals surface area contributed by atoms with Gasteiger partial charge >= 0.3 is 0 Å². The number of methoxy groups -OCH3 is 2. The lowest BCUT2D eigenvalue weighted by Crippen LogP contribution is -2.05. The van der Waals surface area contributed by atoms with Crippen LogP contribution >= 0.6 is 15.9 Å². The Balaban J connectivity index is 2.20. The number of pyridine rings is 1. The van der Waals surface area contributed by atoms with Crippen LogP contribution in [0.5, 0.6) is 11.5 Å². The highest BCUT2D eigenvalue weighted by Gasteiger charge is 2.11. The molecular weight excluding hydrogens is 332 g/mol. The predicted octanol–water partition coefficient (Wildman–Crippen LogP) is 4.09. The first kappa shape index (κ1) is 15.6. The van der Waals surface area contributed by atoms with E-state index in [1.165, 1.54) is 11.1 Å². The molecule has 0 fully saturated rings. The smallest absolute Gasteiger partial charge is 0.184 e. The topological polar surface area (TPSA) is 43.4 Å². The van der Waals surface area contributed by atoms with Crippen molar-refractivity contribution in [2.75, 3.05) is 19.5 Å². The van der Waals surface area contributed by atoms with Gasteiger partial charge in [0, 0.05) is 22.4 Å². The summed E-state index contributed by atoms with van der Waals surface area (Å²) in [6.07, 6.45) is 1.72. The molecule has 0 unspecified atom stereocenters. The minimum Gasteiger partial charge on any atom is -0.493 e. The number of nitrogens with one attached hydrogen (secondary N) is 1. The molecule has 5 heteroatoms. The monoisotopic (exact) mass is 350 g/mol. The van der Waals surface area contributed by atoms with Gasteiger partial charge in [0.25, 0.3) is 0 Å². The molecule has 0 aliphatic rings. The third-order valence-corrected chi connectivity index (χ3v) is 4.51. The van der Waals surface area contributed by atoms with Crippen LogP contribution in [0.4, 0.5) is 5.69 Å². The molecule has 1 aromatic carbocycles. The lowest BCUT2D eigenvalue weighted by atomic mass is 10.1. The van der Waals surface area contributed by atoms with E-state index in [0.29, 0.717) is 18.0 Å². The van der Waals surface area contributed by atoms with Gasteiger partial charge in [-0.05, 0) is 37.1 Å². The molecule has 112 valence electrons. The van der Waals surface area contributed by atoms with Crippen LogP contribution in [0.2, 0.25) is 0 Å². The number of aromatic nitrogens is 1. The highest BCUT2D eigenvalue weighted by atomic mass is 79.9. The maximum Gasteiger partial charge on any atom is 0.184 e. The van der Waals surface area contributed by atoms with E-state index in [2.05, 4.69) is 52.2 Å². The average molecular weight is 351 g/mol. The standard InChI is InChI=1S/C16H19BrN2O2/c1-10-7-12(8-11(2)15(10)17)19-9-13-16(21-4)14(20-3)5-6-18-13/h5-8,19H,9H2,1-4H3. The van der Waals surface area contributed by atoms with Crippen LogP contribution in [0.15, 0.2) is 28.9 Å². The lowest BCUT2D eigenvalue weighted by molar-refractivity contribution is 0.350. The van der Waals surface area contributed by atoms with Gasteiger partial charge in [-0.1, -0.05) is 15.9 Å². The highest BCUT2D eigenvalue weighted by molar-refractivity contribution is 9.10. The molecule has 0 radical (unpaired) electrons. The number of hydrogen-bond donors (Lipinski definition) is 1. The molecule has 0 atom stereocenters. The molecule has 1 aromatic heterocycles. The highest BCUT2D eigenvalue weighted by Crippen LogP contribution is 2.30. The van der Waals surface area contributed by atoms with Crippen LogP contribution in [0, 0.1) is 13.8 Å². The average Bonchev–Trinajstić information content (AvgIpc) is 2.49. The van der Waals surface area contributed by atoms with Gasteiger partial charge in [-0.15, -0.1) is 0 Å². The van der Waals surface area contributed by atoms with Gasteiger partial charge in [-0.3, -0.25) is 4.98 Å². The Morgan fingerprint density at radius 2 is 1.81 bits per heavy atom. The van der Waals surface area contributed by atoms with E-state index < -0.39 is 0 Å². The van der Waals surface area contributed by atoms with Gasteiger partial charge in [0.2, 0.25) is 0 Å². The van der Waals surface area contributed by atoms with Crippen LogP contribution in [0.25, 0.3) is 0 Å². The van der Waals surface area contributed by atoms with E-state index in [0.717, 1.165) is 15.9 Å². The Bertz CT molecular complexity index is 621. The van der Waals surface area contributed by atoms with Crippen molar-refractivity contribution < 1.29 is 9.47 Å². The largest absolute Gasteiger partial charge is 0.493 e. The first-order valence-corrected chi connectivity index (χ1v) is 7.42. The van der Waals surface area contributed by atoms with Crippen molar-refractivity contribution in [3.05, 3.63) is 45.7 Å². The van der Waals surface area contributed by atoms with Crippen molar-refractivity contribution >= 4 is 21.6 Å². The van der Waals surface area contributed by atoms with Crippen LogP contribution in [-0.4, -0.2) is 19.2 Å². The molecule has 0 spiro atoms. The second kappa shape index (κ2) is 6.80. The first-order chi connectivity index (χ1) is 10.1. The van der Waals surface area contributed by atoms with Gasteiger partial charge in [-0.2, -0.15) is 0 Å². The summed E-state index contributed by atoms with van der Waals surface area (Å²) in [7, 11) is 3.24. The molecular formula is C16H19BrN2O2. The van der Waals surface area contributed by atoms with Crippen LogP contribution < -0.4 is 14.8 Å². The first-order valence-electron chi connectivity index (χ1n) is 6.63. The lowest BCUT2D eigenvalue weighted by Gasteiger charge is -2.14. The Labute approximate surface area is 133 Å². The summed E-state index contributed by atoms with van der Waals surface area (Å²) in [5.74, 6) is 1.35. The zero-order valence-corrected chi connectivity index (χ0v) is 14.2. The van der Waals surface area contributed by atoms with Crippen molar-refractivity contribution in [3.63, 3.8) is 0 Å². The van der Waals surface area contributed by atoms with E-state index in [4.69, 9.17) is 9.47 Å². The van der Waals surface area contributed by atoms with Gasteiger partial charge in [0.1, 0.15) is 5.69 Å². The Morgan fingerprint density at radius 3 is 2.38 bits per heavy atom. The molecule has 21 heavy (non-hydrogen) atoms. The van der Waals surface area contributed by atoms with Crippen LogP contribution in [0.1, 0.15) is 16.8 Å². The number of hydrogen-bond acceptors (Lipinski definition) is 4. The van der Waals surface area contributed by atoms with Crippen LogP contribution in [0.3, 0.4) is 0 Å².